The van der Waals surface area contributed by atoms with Crippen molar-refractivity contribution in [3.05, 3.63) is 93.4 Å². The number of rotatable bonds is 7. The molecule has 0 spiro atoms. The molecule has 3 rings (SSSR count). The van der Waals surface area contributed by atoms with Crippen LogP contribution in [-0.2, 0) is 4.79 Å². The van der Waals surface area contributed by atoms with Gasteiger partial charge in [0.1, 0.15) is 5.75 Å². The second-order valence-corrected chi connectivity index (χ2v) is 7.44. The molecule has 0 aliphatic rings. The van der Waals surface area contributed by atoms with Gasteiger partial charge in [0.05, 0.1) is 6.21 Å². The van der Waals surface area contributed by atoms with Gasteiger partial charge in [-0.3, -0.25) is 9.59 Å². The maximum atomic E-state index is 12.1. The van der Waals surface area contributed by atoms with Gasteiger partial charge in [0.15, 0.2) is 6.61 Å². The number of benzene rings is 3. The lowest BCUT2D eigenvalue weighted by molar-refractivity contribution is -0.118. The molecule has 3 aromatic carbocycles. The molecule has 0 saturated carbocycles. The van der Waals surface area contributed by atoms with Crippen molar-refractivity contribution in [3.8, 4) is 5.75 Å². The second-order valence-electron chi connectivity index (χ2n) is 6.09. The van der Waals surface area contributed by atoms with E-state index in [4.69, 9.17) is 16.3 Å². The maximum Gasteiger partial charge on any atom is 0.271 e. The Kier molecular flexibility index (Phi) is 7.59. The average molecular weight is 487 g/mol. The van der Waals surface area contributed by atoms with Crippen LogP contribution in [0.4, 0.5) is 5.69 Å². The van der Waals surface area contributed by atoms with Crippen molar-refractivity contribution in [2.45, 2.75) is 0 Å². The highest BCUT2D eigenvalue weighted by Crippen LogP contribution is 2.22. The average Bonchev–Trinajstić information content (AvgIpc) is 2.75. The van der Waals surface area contributed by atoms with Crippen LogP contribution in [0.1, 0.15) is 15.9 Å². The topological polar surface area (TPSA) is 79.8 Å². The third kappa shape index (κ3) is 6.43. The van der Waals surface area contributed by atoms with Gasteiger partial charge in [0.2, 0.25) is 0 Å². The highest BCUT2D eigenvalue weighted by molar-refractivity contribution is 9.10. The summed E-state index contributed by atoms with van der Waals surface area (Å²) in [4.78, 5) is 24.2. The predicted octanol–water partition coefficient (Wildman–Crippen LogP) is 4.88. The molecule has 8 heteroatoms. The number of hydrogen-bond acceptors (Lipinski definition) is 4. The number of hydrogen-bond donors (Lipinski definition) is 2. The van der Waals surface area contributed by atoms with Crippen LogP contribution in [0.2, 0.25) is 5.02 Å². The first-order chi connectivity index (χ1) is 14.5. The number of nitrogens with zero attached hydrogens (tertiary/aromatic N) is 1. The molecule has 2 N–H and O–H groups in total. The van der Waals surface area contributed by atoms with Crippen molar-refractivity contribution in [1.82, 2.24) is 5.43 Å². The van der Waals surface area contributed by atoms with E-state index in [2.05, 4.69) is 31.8 Å². The molecule has 6 nitrogen and oxygen atoms in total. The van der Waals surface area contributed by atoms with Crippen molar-refractivity contribution in [3.63, 3.8) is 0 Å². The van der Waals surface area contributed by atoms with E-state index in [0.717, 1.165) is 4.47 Å². The Bertz CT molecular complexity index is 1060. The van der Waals surface area contributed by atoms with Gasteiger partial charge in [-0.1, -0.05) is 45.7 Å². The molecule has 0 unspecified atom stereocenters. The van der Waals surface area contributed by atoms with Gasteiger partial charge < -0.3 is 10.1 Å². The van der Waals surface area contributed by atoms with Crippen molar-refractivity contribution >= 4 is 51.2 Å². The minimum absolute atomic E-state index is 0.193. The number of halogens is 2. The third-order valence-corrected chi connectivity index (χ3v) is 4.61. The molecule has 0 saturated heterocycles. The molecule has 0 aliphatic carbocycles. The monoisotopic (exact) mass is 485 g/mol. The summed E-state index contributed by atoms with van der Waals surface area (Å²) in [6.07, 6.45) is 1.46. The molecule has 0 heterocycles. The van der Waals surface area contributed by atoms with Gasteiger partial charge >= 0.3 is 0 Å². The summed E-state index contributed by atoms with van der Waals surface area (Å²) in [7, 11) is 0. The molecule has 3 aromatic rings. The number of hydrazone groups is 1. The van der Waals surface area contributed by atoms with Crippen molar-refractivity contribution in [2.24, 2.45) is 5.10 Å². The highest BCUT2D eigenvalue weighted by Gasteiger charge is 2.08. The number of amides is 2. The van der Waals surface area contributed by atoms with Crippen LogP contribution in [0, 0.1) is 0 Å². The first-order valence-electron chi connectivity index (χ1n) is 8.87. The van der Waals surface area contributed by atoms with E-state index in [0.29, 0.717) is 27.6 Å². The molecular formula is C22H17BrClN3O3. The van der Waals surface area contributed by atoms with Crippen LogP contribution in [-0.4, -0.2) is 24.6 Å². The Labute approximate surface area is 187 Å². The Morgan fingerprint density at radius 3 is 2.50 bits per heavy atom. The van der Waals surface area contributed by atoms with Gasteiger partial charge in [-0.15, -0.1) is 0 Å². The SMILES string of the molecule is O=C(COc1ccc(Br)cc1/C=N/NC(=O)c1ccccc1)Nc1ccc(Cl)cc1. The van der Waals surface area contributed by atoms with E-state index in [9.17, 15) is 9.59 Å². The minimum atomic E-state index is -0.327. The Morgan fingerprint density at radius 1 is 1.03 bits per heavy atom. The first kappa shape index (κ1) is 21.5. The number of ether oxygens (including phenoxy) is 1. The van der Waals surface area contributed by atoms with E-state index >= 15 is 0 Å². The van der Waals surface area contributed by atoms with Crippen LogP contribution < -0.4 is 15.5 Å². The van der Waals surface area contributed by atoms with Gasteiger partial charge in [-0.25, -0.2) is 5.43 Å². The van der Waals surface area contributed by atoms with Gasteiger partial charge in [0, 0.05) is 26.3 Å². The molecule has 2 amide bonds. The predicted molar refractivity (Wildman–Crippen MR) is 121 cm³/mol. The lowest BCUT2D eigenvalue weighted by Gasteiger charge is -2.10. The number of carbonyl (C=O) groups excluding carboxylic acids is 2. The van der Waals surface area contributed by atoms with E-state index in [1.54, 1.807) is 66.7 Å². The summed E-state index contributed by atoms with van der Waals surface area (Å²) in [5, 5.41) is 7.29. The zero-order valence-corrected chi connectivity index (χ0v) is 18.0. The number of anilines is 1. The van der Waals surface area contributed by atoms with E-state index in [1.165, 1.54) is 6.21 Å². The van der Waals surface area contributed by atoms with E-state index in [-0.39, 0.29) is 18.4 Å². The van der Waals surface area contributed by atoms with Gasteiger partial charge in [-0.05, 0) is 54.6 Å². The molecule has 0 aliphatic heterocycles. The van der Waals surface area contributed by atoms with Crippen molar-refractivity contribution in [2.75, 3.05) is 11.9 Å². The van der Waals surface area contributed by atoms with Gasteiger partial charge in [-0.2, -0.15) is 5.10 Å². The zero-order chi connectivity index (χ0) is 21.3. The fourth-order valence-corrected chi connectivity index (χ4v) is 2.94. The molecular weight excluding hydrogens is 470 g/mol. The molecule has 0 fully saturated rings. The molecule has 0 radical (unpaired) electrons. The summed E-state index contributed by atoms with van der Waals surface area (Å²) in [5.41, 5.74) is 4.18. The fourth-order valence-electron chi connectivity index (χ4n) is 2.44. The number of carbonyl (C=O) groups is 2. The molecule has 0 bridgehead atoms. The van der Waals surface area contributed by atoms with Crippen molar-refractivity contribution < 1.29 is 14.3 Å². The lowest BCUT2D eigenvalue weighted by Crippen LogP contribution is -2.20. The summed E-state index contributed by atoms with van der Waals surface area (Å²) in [6, 6.07) is 20.8. The van der Waals surface area contributed by atoms with Crippen LogP contribution >= 0.6 is 27.5 Å². The van der Waals surface area contributed by atoms with Crippen molar-refractivity contribution in [1.29, 1.82) is 0 Å². The third-order valence-electron chi connectivity index (χ3n) is 3.86. The largest absolute Gasteiger partial charge is 0.483 e. The molecule has 30 heavy (non-hydrogen) atoms. The Balaban J connectivity index is 1.61. The summed E-state index contributed by atoms with van der Waals surface area (Å²) in [6.45, 7) is -0.193. The van der Waals surface area contributed by atoms with Gasteiger partial charge in [0.25, 0.3) is 11.8 Å². The summed E-state index contributed by atoms with van der Waals surface area (Å²) < 4.78 is 6.43. The standard InChI is InChI=1S/C22H17BrClN3O3/c23-17-6-11-20(30-14-21(28)26-19-9-7-18(24)8-10-19)16(12-17)13-25-27-22(29)15-4-2-1-3-5-15/h1-13H,14H2,(H,26,28)(H,27,29)/b25-13+. The second kappa shape index (κ2) is 10.6. The van der Waals surface area contributed by atoms with E-state index < -0.39 is 0 Å². The molecule has 0 aromatic heterocycles. The Hall–Kier alpha value is -3.16. The zero-order valence-electron chi connectivity index (χ0n) is 15.6. The van der Waals surface area contributed by atoms with Crippen LogP contribution in [0.3, 0.4) is 0 Å². The summed E-state index contributed by atoms with van der Waals surface area (Å²) in [5.74, 6) is -0.200. The van der Waals surface area contributed by atoms with Crippen LogP contribution in [0.25, 0.3) is 0 Å². The first-order valence-corrected chi connectivity index (χ1v) is 10.0. The molecule has 152 valence electrons. The maximum absolute atomic E-state index is 12.1. The summed E-state index contributed by atoms with van der Waals surface area (Å²) >= 11 is 9.23. The lowest BCUT2D eigenvalue weighted by atomic mass is 10.2. The Morgan fingerprint density at radius 2 is 1.77 bits per heavy atom. The number of nitrogens with one attached hydrogen (secondary N) is 2. The van der Waals surface area contributed by atoms with Crippen LogP contribution in [0.5, 0.6) is 5.75 Å². The highest BCUT2D eigenvalue weighted by atomic mass is 79.9. The fraction of sp³-hybridized carbons (Fsp3) is 0.0455. The quantitative estimate of drug-likeness (QED) is 0.369. The normalized spacial score (nSPS) is 10.6. The minimum Gasteiger partial charge on any atom is -0.483 e. The smallest absolute Gasteiger partial charge is 0.271 e. The van der Waals surface area contributed by atoms with Crippen LogP contribution in [0.15, 0.2) is 82.4 Å². The molecule has 0 atom stereocenters. The van der Waals surface area contributed by atoms with E-state index in [1.807, 2.05) is 6.07 Å².